The fraction of sp³-hybridized carbons (Fsp3) is 0.143. The summed E-state index contributed by atoms with van der Waals surface area (Å²) in [6.45, 7) is 1.89. The Labute approximate surface area is 119 Å². The highest BCUT2D eigenvalue weighted by Gasteiger charge is 2.12. The average molecular weight is 318 g/mol. The van der Waals surface area contributed by atoms with Crippen molar-refractivity contribution in [2.75, 3.05) is 7.11 Å². The summed E-state index contributed by atoms with van der Waals surface area (Å²) in [5.74, 6) is 1.58. The van der Waals surface area contributed by atoms with Crippen molar-refractivity contribution in [3.8, 4) is 17.0 Å². The van der Waals surface area contributed by atoms with Crippen molar-refractivity contribution in [2.24, 2.45) is 0 Å². The third kappa shape index (κ3) is 2.10. The molecule has 3 rings (SSSR count). The van der Waals surface area contributed by atoms with Gasteiger partial charge < -0.3 is 9.72 Å². The van der Waals surface area contributed by atoms with Crippen LogP contribution in [0.1, 0.15) is 5.82 Å². The number of halogens is 1. The molecule has 5 heteroatoms. The molecule has 0 atom stereocenters. The largest absolute Gasteiger partial charge is 0.497 e. The van der Waals surface area contributed by atoms with E-state index < -0.39 is 0 Å². The van der Waals surface area contributed by atoms with Gasteiger partial charge in [0, 0.05) is 16.2 Å². The highest BCUT2D eigenvalue weighted by atomic mass is 79.9. The fourth-order valence-corrected chi connectivity index (χ4v) is 2.55. The van der Waals surface area contributed by atoms with E-state index >= 15 is 0 Å². The molecule has 0 saturated carbocycles. The second kappa shape index (κ2) is 4.66. The number of H-pyrrole nitrogens is 1. The number of nitrogens with zero attached hydrogens (tertiary/aromatic N) is 2. The molecule has 2 heterocycles. The molecule has 0 saturated heterocycles. The van der Waals surface area contributed by atoms with Crippen LogP contribution in [0.25, 0.3) is 22.3 Å². The first-order chi connectivity index (χ1) is 9.19. The van der Waals surface area contributed by atoms with Crippen molar-refractivity contribution in [1.82, 2.24) is 15.0 Å². The van der Waals surface area contributed by atoms with Crippen molar-refractivity contribution in [3.05, 3.63) is 40.8 Å². The van der Waals surface area contributed by atoms with E-state index in [1.54, 1.807) is 7.11 Å². The molecule has 0 fully saturated rings. The van der Waals surface area contributed by atoms with Crippen molar-refractivity contribution in [2.45, 2.75) is 6.92 Å². The zero-order valence-electron chi connectivity index (χ0n) is 10.6. The highest BCUT2D eigenvalue weighted by molar-refractivity contribution is 9.10. The summed E-state index contributed by atoms with van der Waals surface area (Å²) in [5, 5.41) is 0.996. The quantitative estimate of drug-likeness (QED) is 0.784. The molecule has 0 aliphatic heterocycles. The van der Waals surface area contributed by atoms with E-state index in [0.29, 0.717) is 0 Å². The van der Waals surface area contributed by atoms with Crippen LogP contribution in [-0.2, 0) is 0 Å². The molecule has 96 valence electrons. The number of methoxy groups -OCH3 is 1. The first-order valence-corrected chi connectivity index (χ1v) is 6.64. The molecule has 0 unspecified atom stereocenters. The minimum absolute atomic E-state index is 0.743. The molecule has 0 radical (unpaired) electrons. The second-order valence-corrected chi connectivity index (χ2v) is 5.06. The van der Waals surface area contributed by atoms with Gasteiger partial charge in [-0.3, -0.25) is 0 Å². The maximum absolute atomic E-state index is 5.18. The van der Waals surface area contributed by atoms with Crippen LogP contribution in [0.3, 0.4) is 0 Å². The van der Waals surface area contributed by atoms with Crippen molar-refractivity contribution >= 4 is 27.0 Å². The van der Waals surface area contributed by atoms with Gasteiger partial charge in [-0.2, -0.15) is 0 Å². The summed E-state index contributed by atoms with van der Waals surface area (Å²) in [6.07, 6.45) is 1.88. The van der Waals surface area contributed by atoms with Crippen LogP contribution in [0.5, 0.6) is 5.75 Å². The minimum Gasteiger partial charge on any atom is -0.497 e. The van der Waals surface area contributed by atoms with Crippen LogP contribution in [0.15, 0.2) is 34.9 Å². The summed E-state index contributed by atoms with van der Waals surface area (Å²) in [5.41, 5.74) is 2.79. The zero-order valence-corrected chi connectivity index (χ0v) is 12.2. The van der Waals surface area contributed by atoms with Gasteiger partial charge in [0.1, 0.15) is 17.2 Å². The molecule has 1 N–H and O–H groups in total. The highest BCUT2D eigenvalue weighted by Crippen LogP contribution is 2.32. The number of aryl methyl sites for hydroxylation is 1. The molecule has 3 aromatic rings. The van der Waals surface area contributed by atoms with E-state index in [2.05, 4.69) is 30.9 Å². The average Bonchev–Trinajstić information content (AvgIpc) is 2.79. The SMILES string of the molecule is COc1ccc(-c2nc(C)nc3[nH]cc(Br)c23)cc1. The van der Waals surface area contributed by atoms with Gasteiger partial charge in [0.2, 0.25) is 0 Å². The Bertz CT molecular complexity index is 734. The normalized spacial score (nSPS) is 10.9. The number of benzene rings is 1. The van der Waals surface area contributed by atoms with Gasteiger partial charge in [-0.05, 0) is 47.1 Å². The third-order valence-corrected chi connectivity index (χ3v) is 3.58. The molecular formula is C14H12BrN3O. The van der Waals surface area contributed by atoms with E-state index in [0.717, 1.165) is 38.3 Å². The predicted octanol–water partition coefficient (Wildman–Crippen LogP) is 3.70. The Morgan fingerprint density at radius 3 is 2.58 bits per heavy atom. The number of fused-ring (bicyclic) bond motifs is 1. The number of aromatic nitrogens is 3. The van der Waals surface area contributed by atoms with Gasteiger partial charge in [-0.15, -0.1) is 0 Å². The first-order valence-electron chi connectivity index (χ1n) is 5.84. The van der Waals surface area contributed by atoms with E-state index in [9.17, 15) is 0 Å². The van der Waals surface area contributed by atoms with E-state index in [1.165, 1.54) is 0 Å². The maximum atomic E-state index is 5.18. The molecular weight excluding hydrogens is 306 g/mol. The summed E-state index contributed by atoms with van der Waals surface area (Å²) in [4.78, 5) is 12.1. The molecule has 19 heavy (non-hydrogen) atoms. The fourth-order valence-electron chi connectivity index (χ4n) is 2.06. The summed E-state index contributed by atoms with van der Waals surface area (Å²) < 4.78 is 6.14. The number of rotatable bonds is 2. The van der Waals surface area contributed by atoms with Crippen molar-refractivity contribution in [1.29, 1.82) is 0 Å². The summed E-state index contributed by atoms with van der Waals surface area (Å²) in [7, 11) is 1.66. The molecule has 0 aliphatic carbocycles. The Kier molecular flexibility index (Phi) is 2.98. The number of hydrogen-bond acceptors (Lipinski definition) is 3. The molecule has 0 spiro atoms. The standard InChI is InChI=1S/C14H12BrN3O/c1-8-17-13(9-3-5-10(19-2)6-4-9)12-11(15)7-16-14(12)18-8/h3-7H,1-2H3,(H,16,17,18). The smallest absolute Gasteiger partial charge is 0.142 e. The first kappa shape index (κ1) is 12.2. The van der Waals surface area contributed by atoms with E-state index in [-0.39, 0.29) is 0 Å². The molecule has 0 aliphatic rings. The van der Waals surface area contributed by atoms with E-state index in [4.69, 9.17) is 4.74 Å². The lowest BCUT2D eigenvalue weighted by molar-refractivity contribution is 0.415. The number of aromatic amines is 1. The van der Waals surface area contributed by atoms with Gasteiger partial charge in [0.25, 0.3) is 0 Å². The van der Waals surface area contributed by atoms with Gasteiger partial charge >= 0.3 is 0 Å². The Hall–Kier alpha value is -1.88. The van der Waals surface area contributed by atoms with Crippen LogP contribution < -0.4 is 4.74 Å². The van der Waals surface area contributed by atoms with E-state index in [1.807, 2.05) is 37.4 Å². The lowest BCUT2D eigenvalue weighted by Crippen LogP contribution is -1.93. The van der Waals surface area contributed by atoms with Crippen LogP contribution in [-0.4, -0.2) is 22.1 Å². The van der Waals surface area contributed by atoms with Crippen LogP contribution >= 0.6 is 15.9 Å². The van der Waals surface area contributed by atoms with Gasteiger partial charge in [-0.1, -0.05) is 0 Å². The number of nitrogens with one attached hydrogen (secondary N) is 1. The second-order valence-electron chi connectivity index (χ2n) is 4.21. The zero-order chi connectivity index (χ0) is 13.4. The van der Waals surface area contributed by atoms with Crippen LogP contribution in [0.4, 0.5) is 0 Å². The lowest BCUT2D eigenvalue weighted by atomic mass is 10.1. The minimum atomic E-state index is 0.743. The Morgan fingerprint density at radius 2 is 1.89 bits per heavy atom. The summed E-state index contributed by atoms with van der Waals surface area (Å²) in [6, 6.07) is 7.86. The monoisotopic (exact) mass is 317 g/mol. The number of ether oxygens (including phenoxy) is 1. The summed E-state index contributed by atoms with van der Waals surface area (Å²) >= 11 is 3.53. The molecule has 0 amide bonds. The van der Waals surface area contributed by atoms with Gasteiger partial charge in [0.15, 0.2) is 0 Å². The molecule has 4 nitrogen and oxygen atoms in total. The van der Waals surface area contributed by atoms with Crippen LogP contribution in [0, 0.1) is 6.92 Å². The van der Waals surface area contributed by atoms with Crippen LogP contribution in [0.2, 0.25) is 0 Å². The predicted molar refractivity (Wildman–Crippen MR) is 78.3 cm³/mol. The Morgan fingerprint density at radius 1 is 1.16 bits per heavy atom. The van der Waals surface area contributed by atoms with Gasteiger partial charge in [-0.25, -0.2) is 9.97 Å². The van der Waals surface area contributed by atoms with Crippen molar-refractivity contribution in [3.63, 3.8) is 0 Å². The lowest BCUT2D eigenvalue weighted by Gasteiger charge is -2.06. The number of hydrogen-bond donors (Lipinski definition) is 1. The topological polar surface area (TPSA) is 50.8 Å². The molecule has 2 aromatic heterocycles. The van der Waals surface area contributed by atoms with Gasteiger partial charge in [0.05, 0.1) is 18.2 Å². The molecule has 1 aromatic carbocycles. The maximum Gasteiger partial charge on any atom is 0.142 e. The van der Waals surface area contributed by atoms with Crippen molar-refractivity contribution < 1.29 is 4.74 Å². The molecule has 0 bridgehead atoms. The third-order valence-electron chi connectivity index (χ3n) is 2.96. The Balaban J connectivity index is 2.25.